The lowest BCUT2D eigenvalue weighted by molar-refractivity contribution is 0.101. The van der Waals surface area contributed by atoms with E-state index in [1.807, 2.05) is 12.4 Å². The predicted octanol–water partition coefficient (Wildman–Crippen LogP) is 1.88. The molecule has 0 aromatic carbocycles. The molecule has 1 heterocycles. The van der Waals surface area contributed by atoms with Crippen molar-refractivity contribution in [2.24, 2.45) is 0 Å². The molecule has 2 atom stereocenters. The van der Waals surface area contributed by atoms with Crippen LogP contribution in [0.15, 0.2) is 12.4 Å². The Labute approximate surface area is 90.6 Å². The van der Waals surface area contributed by atoms with E-state index in [2.05, 4.69) is 21.8 Å². The van der Waals surface area contributed by atoms with E-state index in [1.54, 1.807) is 7.11 Å². The summed E-state index contributed by atoms with van der Waals surface area (Å²) < 4.78 is 7.56. The number of hydrogen-bond acceptors (Lipinski definition) is 3. The first-order chi connectivity index (χ1) is 7.35. The van der Waals surface area contributed by atoms with Crippen LogP contribution >= 0.6 is 0 Å². The van der Waals surface area contributed by atoms with Crippen molar-refractivity contribution in [3.63, 3.8) is 0 Å². The highest BCUT2D eigenvalue weighted by Gasteiger charge is 2.27. The zero-order valence-corrected chi connectivity index (χ0v) is 9.44. The van der Waals surface area contributed by atoms with Gasteiger partial charge in [-0.3, -0.25) is 0 Å². The molecule has 1 aliphatic rings. The van der Waals surface area contributed by atoms with Crippen LogP contribution in [-0.4, -0.2) is 28.8 Å². The van der Waals surface area contributed by atoms with Gasteiger partial charge in [-0.2, -0.15) is 0 Å². The summed E-state index contributed by atoms with van der Waals surface area (Å²) in [4.78, 5) is 4.32. The van der Waals surface area contributed by atoms with Crippen molar-refractivity contribution in [1.29, 1.82) is 0 Å². The summed E-state index contributed by atoms with van der Waals surface area (Å²) >= 11 is 0. The van der Waals surface area contributed by atoms with Crippen LogP contribution < -0.4 is 5.32 Å². The van der Waals surface area contributed by atoms with Gasteiger partial charge in [-0.1, -0.05) is 0 Å². The molecular formula is C11H19N3O. The molecule has 84 valence electrons. The minimum atomic E-state index is 0.340. The van der Waals surface area contributed by atoms with Crippen molar-refractivity contribution in [3.8, 4) is 0 Å². The molecule has 1 aromatic heterocycles. The molecule has 0 amide bonds. The van der Waals surface area contributed by atoms with E-state index in [0.717, 1.165) is 18.9 Å². The Morgan fingerprint density at radius 3 is 3.20 bits per heavy atom. The molecule has 1 N–H and O–H groups in total. The molecule has 4 heteroatoms. The van der Waals surface area contributed by atoms with Crippen molar-refractivity contribution in [2.75, 3.05) is 12.4 Å². The van der Waals surface area contributed by atoms with E-state index in [0.29, 0.717) is 12.1 Å². The number of imidazole rings is 1. The van der Waals surface area contributed by atoms with Crippen LogP contribution in [0.5, 0.6) is 0 Å². The summed E-state index contributed by atoms with van der Waals surface area (Å²) in [6.07, 6.45) is 7.74. The molecule has 0 radical (unpaired) electrons. The fourth-order valence-electron chi connectivity index (χ4n) is 2.24. The molecule has 1 aliphatic carbocycles. The summed E-state index contributed by atoms with van der Waals surface area (Å²) in [6.45, 7) is 3.07. The molecule has 2 unspecified atom stereocenters. The Morgan fingerprint density at radius 1 is 1.60 bits per heavy atom. The SMILES string of the molecule is CCn1ccnc1NC1CCCC1OC. The second-order valence-corrected chi connectivity index (χ2v) is 3.99. The first-order valence-electron chi connectivity index (χ1n) is 5.65. The summed E-state index contributed by atoms with van der Waals surface area (Å²) in [6, 6.07) is 0.419. The van der Waals surface area contributed by atoms with Crippen LogP contribution in [0.4, 0.5) is 5.95 Å². The zero-order chi connectivity index (χ0) is 10.7. The van der Waals surface area contributed by atoms with Gasteiger partial charge < -0.3 is 14.6 Å². The number of rotatable bonds is 4. The van der Waals surface area contributed by atoms with Crippen LogP contribution in [0.3, 0.4) is 0 Å². The van der Waals surface area contributed by atoms with Crippen LogP contribution in [0.2, 0.25) is 0 Å². The lowest BCUT2D eigenvalue weighted by Gasteiger charge is -2.20. The van der Waals surface area contributed by atoms with E-state index in [4.69, 9.17) is 4.74 Å². The maximum atomic E-state index is 5.45. The fourth-order valence-corrected chi connectivity index (χ4v) is 2.24. The van der Waals surface area contributed by atoms with Crippen molar-refractivity contribution < 1.29 is 4.74 Å². The van der Waals surface area contributed by atoms with E-state index < -0.39 is 0 Å². The monoisotopic (exact) mass is 209 g/mol. The number of aromatic nitrogens is 2. The molecule has 1 fully saturated rings. The van der Waals surface area contributed by atoms with E-state index in [1.165, 1.54) is 12.8 Å². The van der Waals surface area contributed by atoms with E-state index >= 15 is 0 Å². The average molecular weight is 209 g/mol. The topological polar surface area (TPSA) is 39.1 Å². The number of nitrogens with zero attached hydrogens (tertiary/aromatic N) is 2. The lowest BCUT2D eigenvalue weighted by atomic mass is 10.2. The molecule has 0 spiro atoms. The molecule has 2 rings (SSSR count). The third-order valence-corrected chi connectivity index (χ3v) is 3.13. The Kier molecular flexibility index (Phi) is 3.26. The second kappa shape index (κ2) is 4.66. The number of ether oxygens (including phenoxy) is 1. The van der Waals surface area contributed by atoms with Crippen molar-refractivity contribution in [2.45, 2.75) is 44.9 Å². The standard InChI is InChI=1S/C11H19N3O/c1-3-14-8-7-12-11(14)13-9-5-4-6-10(9)15-2/h7-10H,3-6H2,1-2H3,(H,12,13). The number of aryl methyl sites for hydroxylation is 1. The van der Waals surface area contributed by atoms with Gasteiger partial charge in [0.05, 0.1) is 12.1 Å². The molecular weight excluding hydrogens is 190 g/mol. The summed E-state index contributed by atoms with van der Waals surface area (Å²) in [7, 11) is 1.79. The van der Waals surface area contributed by atoms with Gasteiger partial charge in [-0.25, -0.2) is 4.98 Å². The van der Waals surface area contributed by atoms with Gasteiger partial charge in [0.1, 0.15) is 0 Å². The van der Waals surface area contributed by atoms with Gasteiger partial charge in [0.15, 0.2) is 0 Å². The highest BCUT2D eigenvalue weighted by Crippen LogP contribution is 2.24. The minimum absolute atomic E-state index is 0.340. The molecule has 1 saturated carbocycles. The van der Waals surface area contributed by atoms with Gasteiger partial charge in [0.2, 0.25) is 5.95 Å². The maximum absolute atomic E-state index is 5.45. The number of methoxy groups -OCH3 is 1. The largest absolute Gasteiger partial charge is 0.379 e. The van der Waals surface area contributed by atoms with Crippen LogP contribution in [0, 0.1) is 0 Å². The zero-order valence-electron chi connectivity index (χ0n) is 9.44. The predicted molar refractivity (Wildman–Crippen MR) is 60.0 cm³/mol. The Morgan fingerprint density at radius 2 is 2.47 bits per heavy atom. The number of nitrogens with one attached hydrogen (secondary N) is 1. The Bertz CT molecular complexity index is 311. The van der Waals surface area contributed by atoms with E-state index in [-0.39, 0.29) is 0 Å². The van der Waals surface area contributed by atoms with Crippen LogP contribution in [-0.2, 0) is 11.3 Å². The first kappa shape index (κ1) is 10.5. The third kappa shape index (κ3) is 2.15. The average Bonchev–Trinajstić information content (AvgIpc) is 2.87. The Hall–Kier alpha value is -1.03. The smallest absolute Gasteiger partial charge is 0.203 e. The van der Waals surface area contributed by atoms with Crippen LogP contribution in [0.25, 0.3) is 0 Å². The molecule has 0 saturated heterocycles. The summed E-state index contributed by atoms with van der Waals surface area (Å²) in [5, 5.41) is 3.47. The normalized spacial score (nSPS) is 25.7. The highest BCUT2D eigenvalue weighted by atomic mass is 16.5. The molecule has 1 aromatic rings. The quantitative estimate of drug-likeness (QED) is 0.823. The van der Waals surface area contributed by atoms with Gasteiger partial charge in [-0.05, 0) is 26.2 Å². The summed E-state index contributed by atoms with van der Waals surface area (Å²) in [5.74, 6) is 0.964. The fraction of sp³-hybridized carbons (Fsp3) is 0.727. The Balaban J connectivity index is 2.01. The highest BCUT2D eigenvalue weighted by molar-refractivity contribution is 5.28. The van der Waals surface area contributed by atoms with Crippen molar-refractivity contribution in [3.05, 3.63) is 12.4 Å². The molecule has 4 nitrogen and oxygen atoms in total. The van der Waals surface area contributed by atoms with Crippen molar-refractivity contribution in [1.82, 2.24) is 9.55 Å². The molecule has 0 bridgehead atoms. The molecule has 15 heavy (non-hydrogen) atoms. The summed E-state index contributed by atoms with van der Waals surface area (Å²) in [5.41, 5.74) is 0. The molecule has 0 aliphatic heterocycles. The number of hydrogen-bond donors (Lipinski definition) is 1. The minimum Gasteiger partial charge on any atom is -0.379 e. The third-order valence-electron chi connectivity index (χ3n) is 3.13. The van der Waals surface area contributed by atoms with Crippen LogP contribution in [0.1, 0.15) is 26.2 Å². The maximum Gasteiger partial charge on any atom is 0.203 e. The number of anilines is 1. The lowest BCUT2D eigenvalue weighted by Crippen LogP contribution is -2.30. The van der Waals surface area contributed by atoms with Crippen molar-refractivity contribution >= 4 is 5.95 Å². The first-order valence-corrected chi connectivity index (χ1v) is 5.65. The van der Waals surface area contributed by atoms with Gasteiger partial charge in [-0.15, -0.1) is 0 Å². The second-order valence-electron chi connectivity index (χ2n) is 3.99. The van der Waals surface area contributed by atoms with E-state index in [9.17, 15) is 0 Å². The van der Waals surface area contributed by atoms with Gasteiger partial charge in [0, 0.05) is 26.0 Å². The van der Waals surface area contributed by atoms with Gasteiger partial charge in [0.25, 0.3) is 0 Å². The van der Waals surface area contributed by atoms with Gasteiger partial charge >= 0.3 is 0 Å².